The molecule has 0 radical (unpaired) electrons. The van der Waals surface area contributed by atoms with Crippen LogP contribution in [0.1, 0.15) is 51.2 Å². The summed E-state index contributed by atoms with van der Waals surface area (Å²) in [6.45, 7) is 9.05. The standard InChI is InChI=1S/C17H29N/c1-4-7-16-9-11-17(12-10-16)8-5-6-13-18-14-15(2)3/h9-12,15,18H,4-8,13-14H2,1-3H3. The zero-order valence-corrected chi connectivity index (χ0v) is 12.3. The monoisotopic (exact) mass is 247 g/mol. The van der Waals surface area contributed by atoms with Gasteiger partial charge in [0.1, 0.15) is 0 Å². The second-order valence-corrected chi connectivity index (χ2v) is 5.62. The molecule has 18 heavy (non-hydrogen) atoms. The minimum absolute atomic E-state index is 0.760. The van der Waals surface area contributed by atoms with Gasteiger partial charge >= 0.3 is 0 Å². The van der Waals surface area contributed by atoms with Gasteiger partial charge in [0, 0.05) is 0 Å². The molecule has 0 aliphatic carbocycles. The summed E-state index contributed by atoms with van der Waals surface area (Å²) in [5.41, 5.74) is 2.96. The van der Waals surface area contributed by atoms with E-state index in [1.807, 2.05) is 0 Å². The lowest BCUT2D eigenvalue weighted by Gasteiger charge is -2.07. The van der Waals surface area contributed by atoms with Gasteiger partial charge in [-0.1, -0.05) is 51.5 Å². The molecule has 102 valence electrons. The Labute approximate surface area is 113 Å². The molecule has 0 spiro atoms. The van der Waals surface area contributed by atoms with Gasteiger partial charge in [-0.25, -0.2) is 0 Å². The molecule has 0 saturated carbocycles. The Morgan fingerprint density at radius 3 is 2.11 bits per heavy atom. The van der Waals surface area contributed by atoms with Gasteiger partial charge in [-0.3, -0.25) is 0 Å². The number of hydrogen-bond donors (Lipinski definition) is 1. The predicted molar refractivity (Wildman–Crippen MR) is 81.1 cm³/mol. The minimum atomic E-state index is 0.760. The van der Waals surface area contributed by atoms with Crippen molar-refractivity contribution in [3.8, 4) is 0 Å². The highest BCUT2D eigenvalue weighted by molar-refractivity contribution is 5.22. The number of nitrogens with one attached hydrogen (secondary N) is 1. The van der Waals surface area contributed by atoms with Crippen LogP contribution >= 0.6 is 0 Å². The summed E-state index contributed by atoms with van der Waals surface area (Å²) < 4.78 is 0. The third kappa shape index (κ3) is 6.80. The minimum Gasteiger partial charge on any atom is -0.316 e. The Morgan fingerprint density at radius 1 is 0.944 bits per heavy atom. The molecule has 1 aromatic rings. The molecule has 0 atom stereocenters. The van der Waals surface area contributed by atoms with E-state index in [4.69, 9.17) is 0 Å². The highest BCUT2D eigenvalue weighted by Gasteiger charge is 1.96. The lowest BCUT2D eigenvalue weighted by Crippen LogP contribution is -2.20. The summed E-state index contributed by atoms with van der Waals surface area (Å²) >= 11 is 0. The van der Waals surface area contributed by atoms with Crippen molar-refractivity contribution in [3.05, 3.63) is 35.4 Å². The van der Waals surface area contributed by atoms with Crippen molar-refractivity contribution in [1.82, 2.24) is 5.32 Å². The van der Waals surface area contributed by atoms with E-state index in [0.717, 1.165) is 19.0 Å². The molecule has 0 saturated heterocycles. The van der Waals surface area contributed by atoms with Gasteiger partial charge < -0.3 is 5.32 Å². The highest BCUT2D eigenvalue weighted by atomic mass is 14.8. The summed E-state index contributed by atoms with van der Waals surface area (Å²) in [7, 11) is 0. The second kappa shape index (κ2) is 9.16. The molecule has 1 aromatic carbocycles. The van der Waals surface area contributed by atoms with Crippen molar-refractivity contribution in [2.45, 2.75) is 52.9 Å². The van der Waals surface area contributed by atoms with Crippen LogP contribution in [0.4, 0.5) is 0 Å². The third-order valence-corrected chi connectivity index (χ3v) is 3.18. The van der Waals surface area contributed by atoms with Crippen LogP contribution in [0.25, 0.3) is 0 Å². The van der Waals surface area contributed by atoms with Crippen molar-refractivity contribution in [3.63, 3.8) is 0 Å². The molecule has 0 unspecified atom stereocenters. The van der Waals surface area contributed by atoms with Gasteiger partial charge in [-0.2, -0.15) is 0 Å². The largest absolute Gasteiger partial charge is 0.316 e. The van der Waals surface area contributed by atoms with Crippen molar-refractivity contribution in [2.75, 3.05) is 13.1 Å². The van der Waals surface area contributed by atoms with Gasteiger partial charge in [-0.05, 0) is 55.8 Å². The number of rotatable bonds is 9. The van der Waals surface area contributed by atoms with E-state index in [0.29, 0.717) is 0 Å². The first kappa shape index (κ1) is 15.2. The number of hydrogen-bond acceptors (Lipinski definition) is 1. The van der Waals surface area contributed by atoms with Crippen molar-refractivity contribution < 1.29 is 0 Å². The predicted octanol–water partition coefficient (Wildman–Crippen LogP) is 4.21. The first-order chi connectivity index (χ1) is 8.72. The normalized spacial score (nSPS) is 11.1. The van der Waals surface area contributed by atoms with Crippen molar-refractivity contribution in [2.24, 2.45) is 5.92 Å². The molecule has 1 N–H and O–H groups in total. The SMILES string of the molecule is CCCc1ccc(CCCCNCC(C)C)cc1. The fourth-order valence-corrected chi connectivity index (χ4v) is 2.13. The molecule has 1 heteroatoms. The Bertz CT molecular complexity index is 300. The van der Waals surface area contributed by atoms with Gasteiger partial charge in [0.05, 0.1) is 0 Å². The van der Waals surface area contributed by atoms with Crippen molar-refractivity contribution >= 4 is 0 Å². The van der Waals surface area contributed by atoms with Crippen LogP contribution in [0.5, 0.6) is 0 Å². The summed E-state index contributed by atoms with van der Waals surface area (Å²) in [5, 5.41) is 3.50. The van der Waals surface area contributed by atoms with E-state index in [-0.39, 0.29) is 0 Å². The summed E-state index contributed by atoms with van der Waals surface area (Å²) in [6, 6.07) is 9.17. The lowest BCUT2D eigenvalue weighted by atomic mass is 10.0. The fraction of sp³-hybridized carbons (Fsp3) is 0.647. The molecule has 0 fully saturated rings. The molecule has 0 aromatic heterocycles. The van der Waals surface area contributed by atoms with Gasteiger partial charge in [0.25, 0.3) is 0 Å². The van der Waals surface area contributed by atoms with E-state index < -0.39 is 0 Å². The maximum absolute atomic E-state index is 3.50. The molecule has 1 nitrogen and oxygen atoms in total. The average molecular weight is 247 g/mol. The zero-order valence-electron chi connectivity index (χ0n) is 12.3. The molecular weight excluding hydrogens is 218 g/mol. The first-order valence-corrected chi connectivity index (χ1v) is 7.51. The molecule has 1 rings (SSSR count). The molecule has 0 aliphatic heterocycles. The quantitative estimate of drug-likeness (QED) is 0.645. The van der Waals surface area contributed by atoms with Crippen LogP contribution in [0.3, 0.4) is 0 Å². The Balaban J connectivity index is 2.11. The van der Waals surface area contributed by atoms with E-state index in [9.17, 15) is 0 Å². The third-order valence-electron chi connectivity index (χ3n) is 3.18. The van der Waals surface area contributed by atoms with Gasteiger partial charge in [0.15, 0.2) is 0 Å². The average Bonchev–Trinajstić information content (AvgIpc) is 2.35. The molecule has 0 aliphatic rings. The number of aryl methyl sites for hydroxylation is 2. The molecular formula is C17H29N. The Kier molecular flexibility index (Phi) is 7.75. The Morgan fingerprint density at radius 2 is 1.56 bits per heavy atom. The van der Waals surface area contributed by atoms with Crippen LogP contribution in [0, 0.1) is 5.92 Å². The van der Waals surface area contributed by atoms with Crippen LogP contribution in [0.2, 0.25) is 0 Å². The second-order valence-electron chi connectivity index (χ2n) is 5.62. The van der Waals surface area contributed by atoms with Crippen LogP contribution < -0.4 is 5.32 Å². The lowest BCUT2D eigenvalue weighted by molar-refractivity contribution is 0.535. The van der Waals surface area contributed by atoms with E-state index in [1.165, 1.54) is 43.2 Å². The van der Waals surface area contributed by atoms with Crippen molar-refractivity contribution in [1.29, 1.82) is 0 Å². The summed E-state index contributed by atoms with van der Waals surface area (Å²) in [4.78, 5) is 0. The molecule has 0 heterocycles. The van der Waals surface area contributed by atoms with E-state index >= 15 is 0 Å². The summed E-state index contributed by atoms with van der Waals surface area (Å²) in [5.74, 6) is 0.760. The van der Waals surface area contributed by atoms with Gasteiger partial charge in [0.2, 0.25) is 0 Å². The molecule has 0 amide bonds. The van der Waals surface area contributed by atoms with Gasteiger partial charge in [-0.15, -0.1) is 0 Å². The van der Waals surface area contributed by atoms with E-state index in [1.54, 1.807) is 0 Å². The summed E-state index contributed by atoms with van der Waals surface area (Å²) in [6.07, 6.45) is 6.23. The zero-order chi connectivity index (χ0) is 13.2. The maximum Gasteiger partial charge on any atom is -0.00258 e. The fourth-order valence-electron chi connectivity index (χ4n) is 2.13. The first-order valence-electron chi connectivity index (χ1n) is 7.51. The van der Waals surface area contributed by atoms with E-state index in [2.05, 4.69) is 50.4 Å². The van der Waals surface area contributed by atoms with Crippen LogP contribution in [-0.4, -0.2) is 13.1 Å². The number of benzene rings is 1. The maximum atomic E-state index is 3.50. The smallest absolute Gasteiger partial charge is 0.00258 e. The number of unbranched alkanes of at least 4 members (excludes halogenated alkanes) is 1. The van der Waals surface area contributed by atoms with Crippen LogP contribution in [0.15, 0.2) is 24.3 Å². The molecule has 0 bridgehead atoms. The highest BCUT2D eigenvalue weighted by Crippen LogP contribution is 2.09. The Hall–Kier alpha value is -0.820. The topological polar surface area (TPSA) is 12.0 Å². The van der Waals surface area contributed by atoms with Crippen LogP contribution in [-0.2, 0) is 12.8 Å².